The maximum atomic E-state index is 13.1. The molecular weight excluding hydrogens is 488 g/mol. The Bertz CT molecular complexity index is 1150. The summed E-state index contributed by atoms with van der Waals surface area (Å²) in [4.78, 5) is 17.3. The van der Waals surface area contributed by atoms with Crippen molar-refractivity contribution in [3.63, 3.8) is 0 Å². The van der Waals surface area contributed by atoms with Gasteiger partial charge in [-0.05, 0) is 73.7 Å². The smallest absolute Gasteiger partial charge is 0.408 e. The second-order valence-corrected chi connectivity index (χ2v) is 8.95. The highest BCUT2D eigenvalue weighted by atomic mass is 35.5. The molecule has 5 nitrogen and oxygen atoms in total. The molecule has 4 rings (SSSR count). The highest BCUT2D eigenvalue weighted by Crippen LogP contribution is 2.21. The van der Waals surface area contributed by atoms with Gasteiger partial charge in [0.1, 0.15) is 5.82 Å². The Morgan fingerprint density at radius 3 is 2.31 bits per heavy atom. The first-order valence-corrected chi connectivity index (χ1v) is 12.0. The molecule has 0 unspecified atom stereocenters. The Kier molecular flexibility index (Phi) is 11.5. The summed E-state index contributed by atoms with van der Waals surface area (Å²) in [5, 5.41) is 0. The third-order valence-corrected chi connectivity index (χ3v) is 6.52. The van der Waals surface area contributed by atoms with E-state index in [1.807, 2.05) is 24.3 Å². The van der Waals surface area contributed by atoms with Crippen LogP contribution in [0, 0.1) is 5.82 Å². The summed E-state index contributed by atoms with van der Waals surface area (Å²) in [6.07, 6.45) is 5.16. The summed E-state index contributed by atoms with van der Waals surface area (Å²) in [7, 11) is 0. The van der Waals surface area contributed by atoms with E-state index in [0.717, 1.165) is 75.2 Å². The van der Waals surface area contributed by atoms with Crippen molar-refractivity contribution in [2.75, 3.05) is 32.7 Å². The maximum absolute atomic E-state index is 13.1. The average molecular weight is 525 g/mol. The number of benzene rings is 2. The lowest BCUT2D eigenvalue weighted by atomic mass is 10.1. The van der Waals surface area contributed by atoms with Gasteiger partial charge in [0.25, 0.3) is 0 Å². The number of nitrogens with zero attached hydrogens (tertiary/aromatic N) is 3. The van der Waals surface area contributed by atoms with E-state index in [1.165, 1.54) is 17.7 Å². The van der Waals surface area contributed by atoms with Crippen LogP contribution < -0.4 is 5.76 Å². The second kappa shape index (κ2) is 13.8. The van der Waals surface area contributed by atoms with Crippen LogP contribution in [0.25, 0.3) is 16.7 Å². The molecule has 0 atom stereocenters. The normalized spacial score (nSPS) is 15.1. The molecule has 0 N–H and O–H groups in total. The van der Waals surface area contributed by atoms with Crippen LogP contribution >= 0.6 is 24.8 Å². The first-order valence-electron chi connectivity index (χ1n) is 12.0. The van der Waals surface area contributed by atoms with E-state index in [2.05, 4.69) is 35.8 Å². The van der Waals surface area contributed by atoms with Gasteiger partial charge in [0, 0.05) is 39.3 Å². The van der Waals surface area contributed by atoms with Crippen LogP contribution in [0.4, 0.5) is 4.39 Å². The van der Waals surface area contributed by atoms with Gasteiger partial charge in [-0.25, -0.2) is 9.18 Å². The first kappa shape index (κ1) is 29.1. The fraction of sp³-hybridized carbons (Fsp3) is 0.444. The lowest BCUT2D eigenvalue weighted by molar-refractivity contribution is 0.125. The van der Waals surface area contributed by atoms with E-state index >= 15 is 0 Å². The van der Waals surface area contributed by atoms with Crippen molar-refractivity contribution in [2.45, 2.75) is 46.2 Å². The Labute approximate surface area is 219 Å². The third-order valence-electron chi connectivity index (χ3n) is 6.52. The van der Waals surface area contributed by atoms with E-state index in [9.17, 15) is 9.18 Å². The molecule has 192 valence electrons. The number of rotatable bonds is 9. The number of aromatic nitrogens is 1. The zero-order valence-corrected chi connectivity index (χ0v) is 22.2. The third kappa shape index (κ3) is 7.68. The van der Waals surface area contributed by atoms with Gasteiger partial charge in [0.2, 0.25) is 0 Å². The Hall–Kier alpha value is -2.12. The quantitative estimate of drug-likeness (QED) is 0.323. The van der Waals surface area contributed by atoms with Crippen LogP contribution in [0.2, 0.25) is 0 Å². The van der Waals surface area contributed by atoms with Gasteiger partial charge in [-0.3, -0.25) is 9.47 Å². The van der Waals surface area contributed by atoms with Crippen molar-refractivity contribution in [3.8, 4) is 0 Å². The molecule has 1 aliphatic heterocycles. The van der Waals surface area contributed by atoms with Gasteiger partial charge in [-0.2, -0.15) is 0 Å². The predicted octanol–water partition coefficient (Wildman–Crippen LogP) is 5.99. The lowest BCUT2D eigenvalue weighted by Gasteiger charge is -2.34. The number of allylic oxidation sites excluding steroid dienone is 2. The molecule has 0 amide bonds. The van der Waals surface area contributed by atoms with Crippen molar-refractivity contribution in [1.82, 2.24) is 14.4 Å². The van der Waals surface area contributed by atoms with E-state index in [4.69, 9.17) is 4.42 Å². The highest BCUT2D eigenvalue weighted by Gasteiger charge is 2.17. The molecular formula is C27H36Cl2FN3O2. The van der Waals surface area contributed by atoms with Crippen LogP contribution in [0.1, 0.15) is 44.2 Å². The summed E-state index contributed by atoms with van der Waals surface area (Å²) < 4.78 is 20.4. The number of unbranched alkanes of at least 4 members (excludes halogenated alkanes) is 1. The summed E-state index contributed by atoms with van der Waals surface area (Å²) in [6, 6.07) is 12.8. The number of aryl methyl sites for hydroxylation is 1. The summed E-state index contributed by atoms with van der Waals surface area (Å²) >= 11 is 0. The fourth-order valence-corrected chi connectivity index (χ4v) is 4.57. The Balaban J connectivity index is 0.00000216. The number of hydrogen-bond donors (Lipinski definition) is 0. The summed E-state index contributed by atoms with van der Waals surface area (Å²) in [6.45, 7) is 10.9. The minimum atomic E-state index is -0.270. The van der Waals surface area contributed by atoms with Gasteiger partial charge in [0.05, 0.1) is 5.52 Å². The van der Waals surface area contributed by atoms with Crippen molar-refractivity contribution in [2.24, 2.45) is 0 Å². The second-order valence-electron chi connectivity index (χ2n) is 8.95. The number of fused-ring (bicyclic) bond motifs is 1. The molecule has 0 spiro atoms. The Morgan fingerprint density at radius 2 is 1.63 bits per heavy atom. The van der Waals surface area contributed by atoms with Gasteiger partial charge in [-0.15, -0.1) is 24.8 Å². The monoisotopic (exact) mass is 523 g/mol. The van der Waals surface area contributed by atoms with Crippen LogP contribution in [-0.2, 0) is 13.1 Å². The minimum absolute atomic E-state index is 0. The molecule has 0 radical (unpaired) electrons. The SMILES string of the molecule is CC/C=C(/C)c1ccc2c(c1)oc(=O)n2CCCCN1CCN(Cc2ccc(F)cc2)CC1.Cl.Cl. The molecule has 0 aliphatic carbocycles. The van der Waals surface area contributed by atoms with Crippen molar-refractivity contribution in [1.29, 1.82) is 0 Å². The van der Waals surface area contributed by atoms with Gasteiger partial charge >= 0.3 is 5.76 Å². The molecule has 0 bridgehead atoms. The average Bonchev–Trinajstić information content (AvgIpc) is 3.13. The summed E-state index contributed by atoms with van der Waals surface area (Å²) in [5.41, 5.74) is 5.00. The predicted molar refractivity (Wildman–Crippen MR) is 146 cm³/mol. The van der Waals surface area contributed by atoms with Crippen molar-refractivity contribution in [3.05, 3.63) is 76.0 Å². The highest BCUT2D eigenvalue weighted by molar-refractivity contribution is 5.85. The molecule has 2 heterocycles. The zero-order valence-electron chi connectivity index (χ0n) is 20.5. The number of halogens is 3. The molecule has 2 aromatic carbocycles. The first-order chi connectivity index (χ1) is 16.0. The standard InChI is InChI=1S/C27H34FN3O2.2ClH/c1-3-6-21(2)23-9-12-25-26(19-23)33-27(32)31(25)14-5-4-13-29-15-17-30(18-16-29)20-22-7-10-24(28)11-8-22;;/h6-12,19H,3-5,13-18,20H2,1-2H3;2*1H/b21-6-;;. The van der Waals surface area contributed by atoms with Gasteiger partial charge in [-0.1, -0.05) is 31.2 Å². The largest absolute Gasteiger partial charge is 0.419 e. The van der Waals surface area contributed by atoms with Gasteiger partial charge < -0.3 is 9.32 Å². The number of oxazole rings is 1. The fourth-order valence-electron chi connectivity index (χ4n) is 4.57. The van der Waals surface area contributed by atoms with Crippen molar-refractivity contribution >= 4 is 41.5 Å². The molecule has 1 saturated heterocycles. The molecule has 8 heteroatoms. The molecule has 3 aromatic rings. The van der Waals surface area contributed by atoms with Crippen LogP contribution in [0.3, 0.4) is 0 Å². The molecule has 0 saturated carbocycles. The van der Waals surface area contributed by atoms with Crippen molar-refractivity contribution < 1.29 is 8.81 Å². The molecule has 35 heavy (non-hydrogen) atoms. The van der Waals surface area contributed by atoms with E-state index < -0.39 is 0 Å². The zero-order chi connectivity index (χ0) is 23.2. The van der Waals surface area contributed by atoms with E-state index in [1.54, 1.807) is 4.57 Å². The number of hydrogen-bond acceptors (Lipinski definition) is 4. The topological polar surface area (TPSA) is 41.6 Å². The molecule has 1 aromatic heterocycles. The Morgan fingerprint density at radius 1 is 0.971 bits per heavy atom. The maximum Gasteiger partial charge on any atom is 0.419 e. The van der Waals surface area contributed by atoms with E-state index in [0.29, 0.717) is 12.1 Å². The van der Waals surface area contributed by atoms with Crippen LogP contribution in [0.5, 0.6) is 0 Å². The molecule has 1 aliphatic rings. The van der Waals surface area contributed by atoms with Crippen LogP contribution in [-0.4, -0.2) is 47.1 Å². The molecule has 1 fully saturated rings. The lowest BCUT2D eigenvalue weighted by Crippen LogP contribution is -2.46. The van der Waals surface area contributed by atoms with E-state index in [-0.39, 0.29) is 36.4 Å². The number of piperazine rings is 1. The minimum Gasteiger partial charge on any atom is -0.408 e. The van der Waals surface area contributed by atoms with Crippen LogP contribution in [0.15, 0.2) is 57.8 Å². The summed E-state index contributed by atoms with van der Waals surface area (Å²) in [5.74, 6) is -0.452. The van der Waals surface area contributed by atoms with Gasteiger partial charge in [0.15, 0.2) is 5.58 Å².